The molecular formula is C15H17NO3. The van der Waals surface area contributed by atoms with E-state index < -0.39 is 17.6 Å². The summed E-state index contributed by atoms with van der Waals surface area (Å²) < 4.78 is 0. The maximum Gasteiger partial charge on any atom is 0.295 e. The predicted octanol–water partition coefficient (Wildman–Crippen LogP) is 1.90. The van der Waals surface area contributed by atoms with Gasteiger partial charge in [-0.25, -0.2) is 0 Å². The van der Waals surface area contributed by atoms with Crippen molar-refractivity contribution < 1.29 is 14.4 Å². The summed E-state index contributed by atoms with van der Waals surface area (Å²) in [5.41, 5.74) is 1.81. The zero-order valence-electron chi connectivity index (χ0n) is 11.2. The van der Waals surface area contributed by atoms with E-state index in [1.54, 1.807) is 6.92 Å². The van der Waals surface area contributed by atoms with E-state index in [0.29, 0.717) is 25.1 Å². The van der Waals surface area contributed by atoms with E-state index >= 15 is 0 Å². The molecule has 4 heteroatoms. The summed E-state index contributed by atoms with van der Waals surface area (Å²) in [4.78, 5) is 37.1. The van der Waals surface area contributed by atoms with Gasteiger partial charge in [0.1, 0.15) is 5.78 Å². The average Bonchev–Trinajstić information content (AvgIpc) is 2.42. The zero-order valence-corrected chi connectivity index (χ0v) is 11.2. The van der Waals surface area contributed by atoms with Crippen molar-refractivity contribution in [2.45, 2.75) is 26.7 Å². The van der Waals surface area contributed by atoms with Crippen LogP contribution in [0.1, 0.15) is 25.3 Å². The van der Waals surface area contributed by atoms with Crippen molar-refractivity contribution in [3.05, 3.63) is 29.8 Å². The number of rotatable bonds is 3. The molecule has 1 aliphatic rings. The molecule has 0 saturated carbocycles. The molecule has 0 aliphatic carbocycles. The third kappa shape index (κ3) is 2.57. The lowest BCUT2D eigenvalue weighted by molar-refractivity contribution is -0.144. The van der Waals surface area contributed by atoms with Crippen molar-refractivity contribution in [2.75, 3.05) is 11.4 Å². The van der Waals surface area contributed by atoms with Crippen LogP contribution in [-0.4, -0.2) is 24.0 Å². The maximum atomic E-state index is 12.1. The van der Waals surface area contributed by atoms with Crippen molar-refractivity contribution >= 4 is 23.2 Å². The van der Waals surface area contributed by atoms with Crippen molar-refractivity contribution in [2.24, 2.45) is 5.92 Å². The van der Waals surface area contributed by atoms with Crippen LogP contribution in [0.2, 0.25) is 0 Å². The SMILES string of the molecule is CCC(=O)C1CCN(c2ccc(C)cc2)C(=O)C1=O. The van der Waals surface area contributed by atoms with Gasteiger partial charge in [-0.2, -0.15) is 0 Å². The molecule has 1 aliphatic heterocycles. The summed E-state index contributed by atoms with van der Waals surface area (Å²) >= 11 is 0. The van der Waals surface area contributed by atoms with Crippen LogP contribution in [0.15, 0.2) is 24.3 Å². The molecule has 0 aromatic heterocycles. The molecule has 0 radical (unpaired) electrons. The lowest BCUT2D eigenvalue weighted by atomic mass is 9.89. The Morgan fingerprint density at radius 3 is 2.47 bits per heavy atom. The number of hydrogen-bond acceptors (Lipinski definition) is 3. The van der Waals surface area contributed by atoms with E-state index in [0.717, 1.165) is 5.56 Å². The number of carbonyl (C=O) groups is 3. The molecule has 1 atom stereocenters. The minimum absolute atomic E-state index is 0.137. The van der Waals surface area contributed by atoms with Crippen molar-refractivity contribution in [3.63, 3.8) is 0 Å². The maximum absolute atomic E-state index is 12.1. The molecule has 2 rings (SSSR count). The molecule has 4 nitrogen and oxygen atoms in total. The van der Waals surface area contributed by atoms with Crippen molar-refractivity contribution in [1.29, 1.82) is 0 Å². The molecule has 1 aromatic carbocycles. The Hall–Kier alpha value is -1.97. The van der Waals surface area contributed by atoms with Gasteiger partial charge in [0.05, 0.1) is 5.92 Å². The number of Topliss-reactive ketones (excluding diaryl/α,β-unsaturated/α-hetero) is 2. The predicted molar refractivity (Wildman–Crippen MR) is 71.9 cm³/mol. The lowest BCUT2D eigenvalue weighted by Gasteiger charge is -2.29. The fourth-order valence-electron chi connectivity index (χ4n) is 2.30. The lowest BCUT2D eigenvalue weighted by Crippen LogP contribution is -2.48. The third-order valence-electron chi connectivity index (χ3n) is 3.50. The van der Waals surface area contributed by atoms with Gasteiger partial charge in [0, 0.05) is 18.7 Å². The quantitative estimate of drug-likeness (QED) is 0.615. The summed E-state index contributed by atoms with van der Waals surface area (Å²) in [5.74, 6) is -2.01. The van der Waals surface area contributed by atoms with Gasteiger partial charge >= 0.3 is 0 Å². The zero-order chi connectivity index (χ0) is 14.0. The number of aryl methyl sites for hydroxylation is 1. The molecule has 1 saturated heterocycles. The number of benzene rings is 1. The summed E-state index contributed by atoms with van der Waals surface area (Å²) in [5, 5.41) is 0. The van der Waals surface area contributed by atoms with Gasteiger partial charge in [0.25, 0.3) is 5.91 Å². The van der Waals surface area contributed by atoms with Crippen LogP contribution in [0.3, 0.4) is 0 Å². The Balaban J connectivity index is 2.20. The summed E-state index contributed by atoms with van der Waals surface area (Å²) in [6.07, 6.45) is 0.722. The number of hydrogen-bond donors (Lipinski definition) is 0. The monoisotopic (exact) mass is 259 g/mol. The van der Waals surface area contributed by atoms with Crippen LogP contribution in [0, 0.1) is 12.8 Å². The van der Waals surface area contributed by atoms with Crippen LogP contribution in [0.5, 0.6) is 0 Å². The highest BCUT2D eigenvalue weighted by atomic mass is 16.2. The van der Waals surface area contributed by atoms with E-state index in [4.69, 9.17) is 0 Å². The number of amides is 1. The molecule has 1 amide bonds. The van der Waals surface area contributed by atoms with Crippen LogP contribution < -0.4 is 4.90 Å². The molecule has 0 bridgehead atoms. The summed E-state index contributed by atoms with van der Waals surface area (Å²) in [6.45, 7) is 4.10. The van der Waals surface area contributed by atoms with Gasteiger partial charge in [-0.05, 0) is 25.5 Å². The smallest absolute Gasteiger partial charge is 0.295 e. The van der Waals surface area contributed by atoms with Gasteiger partial charge in [-0.15, -0.1) is 0 Å². The highest BCUT2D eigenvalue weighted by Gasteiger charge is 2.38. The normalized spacial score (nSPS) is 19.7. The third-order valence-corrected chi connectivity index (χ3v) is 3.50. The first-order chi connectivity index (χ1) is 9.04. The Labute approximate surface area is 112 Å². The Morgan fingerprint density at radius 1 is 1.26 bits per heavy atom. The van der Waals surface area contributed by atoms with E-state index in [2.05, 4.69) is 0 Å². The molecule has 1 aromatic rings. The first-order valence-electron chi connectivity index (χ1n) is 6.49. The standard InChI is InChI=1S/C15H17NO3/c1-3-13(17)12-8-9-16(15(19)14(12)18)11-6-4-10(2)5-7-11/h4-7,12H,3,8-9H2,1-2H3. The second kappa shape index (κ2) is 5.34. The summed E-state index contributed by atoms with van der Waals surface area (Å²) in [6, 6.07) is 7.44. The van der Waals surface area contributed by atoms with Crippen LogP contribution in [-0.2, 0) is 14.4 Å². The number of anilines is 1. The number of ketones is 2. The van der Waals surface area contributed by atoms with E-state index in [-0.39, 0.29) is 5.78 Å². The molecule has 100 valence electrons. The van der Waals surface area contributed by atoms with Gasteiger partial charge in [-0.1, -0.05) is 24.6 Å². The van der Waals surface area contributed by atoms with E-state index in [1.807, 2.05) is 31.2 Å². The number of carbonyl (C=O) groups excluding carboxylic acids is 3. The molecule has 1 unspecified atom stereocenters. The largest absolute Gasteiger partial charge is 0.306 e. The van der Waals surface area contributed by atoms with Crippen LogP contribution in [0.25, 0.3) is 0 Å². The first kappa shape index (κ1) is 13.5. The van der Waals surface area contributed by atoms with Crippen molar-refractivity contribution in [1.82, 2.24) is 0 Å². The Kier molecular flexibility index (Phi) is 3.79. The average molecular weight is 259 g/mol. The molecular weight excluding hydrogens is 242 g/mol. The molecule has 0 N–H and O–H groups in total. The molecule has 1 fully saturated rings. The van der Waals surface area contributed by atoms with E-state index in [9.17, 15) is 14.4 Å². The minimum Gasteiger partial charge on any atom is -0.306 e. The Bertz CT molecular complexity index is 519. The van der Waals surface area contributed by atoms with Crippen LogP contribution >= 0.6 is 0 Å². The molecule has 19 heavy (non-hydrogen) atoms. The van der Waals surface area contributed by atoms with Gasteiger partial charge in [0.15, 0.2) is 0 Å². The van der Waals surface area contributed by atoms with Crippen LogP contribution in [0.4, 0.5) is 5.69 Å². The second-order valence-electron chi connectivity index (χ2n) is 4.82. The molecule has 0 spiro atoms. The Morgan fingerprint density at radius 2 is 1.89 bits per heavy atom. The fraction of sp³-hybridized carbons (Fsp3) is 0.400. The highest BCUT2D eigenvalue weighted by molar-refractivity contribution is 6.45. The molecule has 1 heterocycles. The number of nitrogens with zero attached hydrogens (tertiary/aromatic N) is 1. The van der Waals surface area contributed by atoms with E-state index in [1.165, 1.54) is 4.90 Å². The highest BCUT2D eigenvalue weighted by Crippen LogP contribution is 2.23. The van der Waals surface area contributed by atoms with Gasteiger partial charge < -0.3 is 4.90 Å². The minimum atomic E-state index is -0.737. The van der Waals surface area contributed by atoms with Gasteiger partial charge in [0.2, 0.25) is 5.78 Å². The van der Waals surface area contributed by atoms with Gasteiger partial charge in [-0.3, -0.25) is 14.4 Å². The first-order valence-corrected chi connectivity index (χ1v) is 6.49. The topological polar surface area (TPSA) is 54.5 Å². The summed E-state index contributed by atoms with van der Waals surface area (Å²) in [7, 11) is 0. The van der Waals surface area contributed by atoms with Crippen molar-refractivity contribution in [3.8, 4) is 0 Å². The second-order valence-corrected chi connectivity index (χ2v) is 4.82. The fourth-order valence-corrected chi connectivity index (χ4v) is 2.30. The number of piperidine rings is 1.